The van der Waals surface area contributed by atoms with Crippen LogP contribution in [-0.4, -0.2) is 60.0 Å². The fraction of sp³-hybridized carbons (Fsp3) is 0.323. The molecule has 2 aromatic heterocycles. The summed E-state index contributed by atoms with van der Waals surface area (Å²) in [6, 6.07) is 18.0. The van der Waals surface area contributed by atoms with E-state index in [9.17, 15) is 9.59 Å². The molecule has 2 aromatic carbocycles. The highest BCUT2D eigenvalue weighted by atomic mass is 35.5. The van der Waals surface area contributed by atoms with Gasteiger partial charge in [0.1, 0.15) is 6.04 Å². The second-order valence-corrected chi connectivity index (χ2v) is 11.2. The van der Waals surface area contributed by atoms with Crippen molar-refractivity contribution in [2.45, 2.75) is 31.8 Å². The highest BCUT2D eigenvalue weighted by Crippen LogP contribution is 2.35. The number of hydrogen-bond donors (Lipinski definition) is 3. The second kappa shape index (κ2) is 12.1. The highest BCUT2D eigenvalue weighted by molar-refractivity contribution is 6.30. The van der Waals surface area contributed by atoms with E-state index in [-0.39, 0.29) is 24.3 Å². The zero-order valence-corrected chi connectivity index (χ0v) is 23.8. The molecule has 1 aliphatic rings. The molecule has 8 nitrogen and oxygen atoms in total. The van der Waals surface area contributed by atoms with E-state index in [4.69, 9.17) is 11.6 Å². The monoisotopic (exact) mass is 558 g/mol. The topological polar surface area (TPSA) is 93.4 Å². The summed E-state index contributed by atoms with van der Waals surface area (Å²) in [5.74, 6) is -0.237. The van der Waals surface area contributed by atoms with Crippen molar-refractivity contribution >= 4 is 40.1 Å². The lowest BCUT2D eigenvalue weighted by molar-refractivity contribution is -0.121. The summed E-state index contributed by atoms with van der Waals surface area (Å²) >= 11 is 6.36. The van der Waals surface area contributed by atoms with E-state index in [1.54, 1.807) is 6.20 Å². The van der Waals surface area contributed by atoms with Crippen molar-refractivity contribution in [1.29, 1.82) is 0 Å². The number of para-hydroxylation sites is 1. The van der Waals surface area contributed by atoms with E-state index >= 15 is 0 Å². The molecule has 3 atom stereocenters. The number of aromatic amines is 1. The third-order valence-electron chi connectivity index (χ3n) is 7.49. The number of H-pyrrole nitrogens is 1. The Morgan fingerprint density at radius 1 is 1.15 bits per heavy atom. The van der Waals surface area contributed by atoms with Crippen LogP contribution < -0.4 is 15.5 Å². The molecular formula is C31H35ClN6O2. The predicted octanol–water partition coefficient (Wildman–Crippen LogP) is 4.95. The zero-order valence-electron chi connectivity index (χ0n) is 23.0. The van der Waals surface area contributed by atoms with E-state index in [0.29, 0.717) is 11.6 Å². The molecule has 3 heterocycles. The summed E-state index contributed by atoms with van der Waals surface area (Å²) < 4.78 is 0. The molecule has 0 bridgehead atoms. The highest BCUT2D eigenvalue weighted by Gasteiger charge is 2.37. The number of urea groups is 1. The third kappa shape index (κ3) is 6.13. The Labute approximate surface area is 239 Å². The van der Waals surface area contributed by atoms with Gasteiger partial charge in [0.05, 0.1) is 12.2 Å². The number of anilines is 1. The average Bonchev–Trinajstić information content (AvgIpc) is 3.38. The third-order valence-corrected chi connectivity index (χ3v) is 7.73. The van der Waals surface area contributed by atoms with Crippen LogP contribution >= 0.6 is 11.6 Å². The molecule has 0 saturated carbocycles. The van der Waals surface area contributed by atoms with Gasteiger partial charge in [0.15, 0.2) is 0 Å². The van der Waals surface area contributed by atoms with Crippen LogP contribution in [-0.2, 0) is 17.8 Å². The molecule has 2 unspecified atom stereocenters. The quantitative estimate of drug-likeness (QED) is 0.285. The number of benzene rings is 2. The van der Waals surface area contributed by atoms with Gasteiger partial charge >= 0.3 is 6.03 Å². The molecule has 1 aliphatic heterocycles. The van der Waals surface area contributed by atoms with E-state index in [1.807, 2.05) is 92.8 Å². The summed E-state index contributed by atoms with van der Waals surface area (Å²) in [5, 5.41) is 7.56. The molecule has 9 heteroatoms. The number of halogens is 1. The van der Waals surface area contributed by atoms with Crippen molar-refractivity contribution in [2.75, 3.05) is 32.1 Å². The molecular weight excluding hydrogens is 524 g/mol. The number of nitrogens with zero attached hydrogens (tertiary/aromatic N) is 3. The fourth-order valence-electron chi connectivity index (χ4n) is 5.64. The van der Waals surface area contributed by atoms with Crippen molar-refractivity contribution in [3.63, 3.8) is 0 Å². The normalized spacial score (nSPS) is 16.4. The minimum atomic E-state index is -0.815. The number of carbonyl (C=O) groups excluding carboxylic acids is 2. The van der Waals surface area contributed by atoms with Gasteiger partial charge in [-0.1, -0.05) is 42.8 Å². The molecule has 0 saturated heterocycles. The Morgan fingerprint density at radius 3 is 2.73 bits per heavy atom. The summed E-state index contributed by atoms with van der Waals surface area (Å²) in [5.41, 5.74) is 4.57. The maximum absolute atomic E-state index is 14.5. The molecule has 4 aromatic rings. The molecule has 0 aliphatic carbocycles. The Kier molecular flexibility index (Phi) is 8.38. The van der Waals surface area contributed by atoms with Crippen LogP contribution in [0.2, 0.25) is 5.02 Å². The summed E-state index contributed by atoms with van der Waals surface area (Å²) in [6.45, 7) is 3.63. The lowest BCUT2D eigenvalue weighted by atomic mass is 9.88. The number of amides is 3. The molecule has 3 amide bonds. The van der Waals surface area contributed by atoms with Crippen LogP contribution in [0.4, 0.5) is 10.5 Å². The van der Waals surface area contributed by atoms with Crippen LogP contribution in [0.3, 0.4) is 0 Å². The lowest BCUT2D eigenvalue weighted by Crippen LogP contribution is -2.55. The van der Waals surface area contributed by atoms with Crippen LogP contribution in [0, 0.1) is 5.92 Å². The van der Waals surface area contributed by atoms with Crippen molar-refractivity contribution in [2.24, 2.45) is 5.92 Å². The van der Waals surface area contributed by atoms with Crippen molar-refractivity contribution in [1.82, 2.24) is 25.5 Å². The van der Waals surface area contributed by atoms with Gasteiger partial charge in [-0.15, -0.1) is 0 Å². The minimum absolute atomic E-state index is 0.155. The molecule has 5 rings (SSSR count). The molecule has 40 heavy (non-hydrogen) atoms. The maximum atomic E-state index is 14.5. The van der Waals surface area contributed by atoms with E-state index < -0.39 is 12.1 Å². The zero-order chi connectivity index (χ0) is 28.2. The Morgan fingerprint density at radius 2 is 1.95 bits per heavy atom. The molecule has 208 valence electrons. The van der Waals surface area contributed by atoms with Crippen molar-refractivity contribution in [3.05, 3.63) is 94.9 Å². The van der Waals surface area contributed by atoms with Crippen LogP contribution in [0.5, 0.6) is 0 Å². The van der Waals surface area contributed by atoms with Crippen LogP contribution in [0.15, 0.2) is 73.1 Å². The fourth-order valence-corrected chi connectivity index (χ4v) is 5.84. The van der Waals surface area contributed by atoms with Crippen molar-refractivity contribution < 1.29 is 9.59 Å². The first-order valence-corrected chi connectivity index (χ1v) is 13.9. The number of nitrogens with one attached hydrogen (secondary N) is 3. The summed E-state index contributed by atoms with van der Waals surface area (Å²) in [6.07, 6.45) is 4.45. The molecule has 3 N–H and O–H groups in total. The van der Waals surface area contributed by atoms with Gasteiger partial charge in [-0.3, -0.25) is 9.78 Å². The van der Waals surface area contributed by atoms with Gasteiger partial charge in [0, 0.05) is 53.0 Å². The molecule has 0 radical (unpaired) electrons. The smallest absolute Gasteiger partial charge is 0.315 e. The lowest BCUT2D eigenvalue weighted by Gasteiger charge is -2.38. The largest absolute Gasteiger partial charge is 0.361 e. The minimum Gasteiger partial charge on any atom is -0.361 e. The summed E-state index contributed by atoms with van der Waals surface area (Å²) in [4.78, 5) is 39.2. The van der Waals surface area contributed by atoms with Crippen molar-refractivity contribution in [3.8, 4) is 0 Å². The first-order chi connectivity index (χ1) is 19.3. The Bertz CT molecular complexity index is 1490. The van der Waals surface area contributed by atoms with Gasteiger partial charge in [-0.05, 0) is 74.0 Å². The van der Waals surface area contributed by atoms with Gasteiger partial charge in [0.2, 0.25) is 5.91 Å². The number of hydrogen-bond acceptors (Lipinski definition) is 4. The van der Waals surface area contributed by atoms with E-state index in [1.165, 1.54) is 0 Å². The number of carbonyl (C=O) groups is 2. The number of pyridine rings is 1. The van der Waals surface area contributed by atoms with Gasteiger partial charge in [-0.25, -0.2) is 4.79 Å². The van der Waals surface area contributed by atoms with Gasteiger partial charge < -0.3 is 25.4 Å². The van der Waals surface area contributed by atoms with E-state index in [2.05, 4.69) is 25.5 Å². The first kappa shape index (κ1) is 27.7. The molecule has 0 spiro atoms. The van der Waals surface area contributed by atoms with Gasteiger partial charge in [0.25, 0.3) is 0 Å². The number of rotatable bonds is 8. The Balaban J connectivity index is 1.47. The van der Waals surface area contributed by atoms with Crippen LogP contribution in [0.25, 0.3) is 10.9 Å². The van der Waals surface area contributed by atoms with E-state index in [0.717, 1.165) is 46.4 Å². The van der Waals surface area contributed by atoms with Gasteiger partial charge in [-0.2, -0.15) is 0 Å². The van der Waals surface area contributed by atoms with Crippen LogP contribution in [0.1, 0.15) is 29.7 Å². The SMILES string of the molecule is CC(c1c[nH]c2ccccc12)C(NC(=O)NCc1ccccn1)C(=O)N1C[C@@H](CN(C)C)Cc2cc(Cl)ccc21. The second-order valence-electron chi connectivity index (χ2n) is 10.8. The first-order valence-electron chi connectivity index (χ1n) is 13.5. The number of fused-ring (bicyclic) bond motifs is 2. The Hall–Kier alpha value is -3.88. The average molecular weight is 559 g/mol. The predicted molar refractivity (Wildman–Crippen MR) is 160 cm³/mol. The molecule has 0 fully saturated rings. The standard InChI is InChI=1S/C31H35ClN6O2/c1-20(26-17-34-27-10-5-4-9-25(26)27)29(36-31(40)35-16-24-8-6-7-13-33-24)30(39)38-19-21(18-37(2)3)14-22-15-23(32)11-12-28(22)38/h4-13,15,17,20-21,29,34H,14,16,18-19H2,1-3H3,(H2,35,36,40)/t20?,21-,29?/m1/s1. The maximum Gasteiger partial charge on any atom is 0.315 e. The summed E-state index contributed by atoms with van der Waals surface area (Å²) in [7, 11) is 4.07. The number of aromatic nitrogens is 2.